The monoisotopic (exact) mass is 390 g/mol. The van der Waals surface area contributed by atoms with E-state index in [1.807, 2.05) is 26.0 Å². The number of benzene rings is 2. The first kappa shape index (κ1) is 20.0. The highest BCUT2D eigenvalue weighted by Gasteiger charge is 2.13. The fourth-order valence-corrected chi connectivity index (χ4v) is 2.65. The molecule has 1 heterocycles. The van der Waals surface area contributed by atoms with Crippen molar-refractivity contribution in [2.45, 2.75) is 20.8 Å². The van der Waals surface area contributed by atoms with Crippen molar-refractivity contribution in [3.8, 4) is 0 Å². The first-order valence-corrected chi connectivity index (χ1v) is 9.23. The van der Waals surface area contributed by atoms with Crippen LogP contribution in [0.3, 0.4) is 0 Å². The van der Waals surface area contributed by atoms with Gasteiger partial charge in [-0.3, -0.25) is 4.79 Å². The number of aryl methyl sites for hydroxylation is 2. The van der Waals surface area contributed by atoms with Crippen molar-refractivity contribution >= 4 is 29.2 Å². The van der Waals surface area contributed by atoms with E-state index >= 15 is 0 Å². The van der Waals surface area contributed by atoms with Gasteiger partial charge in [0.05, 0.1) is 17.9 Å². The molecule has 3 rings (SSSR count). The average molecular weight is 390 g/mol. The van der Waals surface area contributed by atoms with Crippen molar-refractivity contribution in [2.75, 3.05) is 17.2 Å². The number of hydrogen-bond acceptors (Lipinski definition) is 6. The number of esters is 1. The summed E-state index contributed by atoms with van der Waals surface area (Å²) in [5, 5.41) is 13.9. The summed E-state index contributed by atoms with van der Waals surface area (Å²) in [5.74, 6) is 0.0972. The molecule has 29 heavy (non-hydrogen) atoms. The maximum Gasteiger partial charge on any atom is 0.340 e. The standard InChI is InChI=1S/C22H22N4O3/c1-4-29-22(28)17-7-5-6-8-18(17)23-19-11-12-20(26-25-19)24-21(27)16-10-9-14(2)15(3)13-16/h5-13H,4H2,1-3H3,(H,23,25)(H,24,26,27). The van der Waals surface area contributed by atoms with Gasteiger partial charge in [-0.05, 0) is 68.3 Å². The topological polar surface area (TPSA) is 93.2 Å². The molecule has 3 aromatic rings. The second-order valence-electron chi connectivity index (χ2n) is 6.45. The van der Waals surface area contributed by atoms with Crippen LogP contribution in [0.25, 0.3) is 0 Å². The minimum absolute atomic E-state index is 0.254. The number of ether oxygens (including phenoxy) is 1. The summed E-state index contributed by atoms with van der Waals surface area (Å²) in [6.07, 6.45) is 0. The van der Waals surface area contributed by atoms with E-state index in [-0.39, 0.29) is 5.91 Å². The van der Waals surface area contributed by atoms with Gasteiger partial charge in [0.1, 0.15) is 0 Å². The predicted octanol–water partition coefficient (Wildman–Crippen LogP) is 4.27. The summed E-state index contributed by atoms with van der Waals surface area (Å²) in [5.41, 5.74) is 3.69. The third-order valence-electron chi connectivity index (χ3n) is 4.36. The Bertz CT molecular complexity index is 1030. The molecule has 0 spiro atoms. The largest absolute Gasteiger partial charge is 0.462 e. The van der Waals surface area contributed by atoms with Crippen molar-refractivity contribution in [1.82, 2.24) is 10.2 Å². The Morgan fingerprint density at radius 1 is 0.931 bits per heavy atom. The number of carbonyl (C=O) groups is 2. The number of para-hydroxylation sites is 1. The van der Waals surface area contributed by atoms with Crippen LogP contribution in [-0.4, -0.2) is 28.7 Å². The number of aromatic nitrogens is 2. The Hall–Kier alpha value is -3.74. The molecule has 0 unspecified atom stereocenters. The molecule has 0 saturated carbocycles. The minimum Gasteiger partial charge on any atom is -0.462 e. The van der Waals surface area contributed by atoms with E-state index in [1.54, 1.807) is 49.4 Å². The van der Waals surface area contributed by atoms with Gasteiger partial charge in [-0.2, -0.15) is 0 Å². The second-order valence-corrected chi connectivity index (χ2v) is 6.45. The van der Waals surface area contributed by atoms with Crippen LogP contribution in [0.2, 0.25) is 0 Å². The van der Waals surface area contributed by atoms with Crippen LogP contribution >= 0.6 is 0 Å². The molecule has 1 amide bonds. The number of amides is 1. The summed E-state index contributed by atoms with van der Waals surface area (Å²) in [4.78, 5) is 24.5. The highest BCUT2D eigenvalue weighted by molar-refractivity contribution is 6.04. The molecule has 0 bridgehead atoms. The van der Waals surface area contributed by atoms with Crippen molar-refractivity contribution in [3.05, 3.63) is 76.9 Å². The Morgan fingerprint density at radius 3 is 2.34 bits per heavy atom. The Kier molecular flexibility index (Phi) is 6.19. The lowest BCUT2D eigenvalue weighted by Crippen LogP contribution is -2.14. The predicted molar refractivity (Wildman–Crippen MR) is 112 cm³/mol. The van der Waals surface area contributed by atoms with Crippen molar-refractivity contribution in [3.63, 3.8) is 0 Å². The van der Waals surface area contributed by atoms with E-state index in [2.05, 4.69) is 20.8 Å². The van der Waals surface area contributed by atoms with E-state index in [0.29, 0.717) is 35.1 Å². The van der Waals surface area contributed by atoms with Crippen LogP contribution in [-0.2, 0) is 4.74 Å². The van der Waals surface area contributed by atoms with Crippen LogP contribution in [0.4, 0.5) is 17.3 Å². The summed E-state index contributed by atoms with van der Waals surface area (Å²) in [6, 6.07) is 15.8. The van der Waals surface area contributed by atoms with Crippen molar-refractivity contribution in [1.29, 1.82) is 0 Å². The van der Waals surface area contributed by atoms with Gasteiger partial charge in [-0.25, -0.2) is 4.79 Å². The van der Waals surface area contributed by atoms with Gasteiger partial charge in [0, 0.05) is 5.56 Å². The fraction of sp³-hybridized carbons (Fsp3) is 0.182. The Labute approximate surface area is 169 Å². The van der Waals surface area contributed by atoms with E-state index in [4.69, 9.17) is 4.74 Å². The SMILES string of the molecule is CCOC(=O)c1ccccc1Nc1ccc(NC(=O)c2ccc(C)c(C)c2)nn1. The number of carbonyl (C=O) groups excluding carboxylic acids is 2. The molecule has 7 heteroatoms. The first-order valence-electron chi connectivity index (χ1n) is 9.23. The van der Waals surface area contributed by atoms with E-state index in [1.165, 1.54) is 0 Å². The summed E-state index contributed by atoms with van der Waals surface area (Å²) < 4.78 is 5.06. The van der Waals surface area contributed by atoms with Gasteiger partial charge >= 0.3 is 5.97 Å². The molecule has 0 aliphatic rings. The van der Waals surface area contributed by atoms with Crippen LogP contribution in [0.5, 0.6) is 0 Å². The van der Waals surface area contributed by atoms with Gasteiger partial charge in [0.15, 0.2) is 11.6 Å². The van der Waals surface area contributed by atoms with E-state index in [9.17, 15) is 9.59 Å². The summed E-state index contributed by atoms with van der Waals surface area (Å²) in [7, 11) is 0. The molecule has 0 fully saturated rings. The van der Waals surface area contributed by atoms with Crippen LogP contribution < -0.4 is 10.6 Å². The summed E-state index contributed by atoms with van der Waals surface area (Å²) in [6.45, 7) is 6.00. The van der Waals surface area contributed by atoms with Crippen LogP contribution in [0, 0.1) is 13.8 Å². The lowest BCUT2D eigenvalue weighted by molar-refractivity contribution is 0.0527. The molecule has 0 aliphatic carbocycles. The van der Waals surface area contributed by atoms with Crippen LogP contribution in [0.15, 0.2) is 54.6 Å². The number of anilines is 3. The molecule has 1 aromatic heterocycles. The van der Waals surface area contributed by atoms with Gasteiger partial charge in [0.25, 0.3) is 5.91 Å². The maximum atomic E-state index is 12.4. The third-order valence-corrected chi connectivity index (χ3v) is 4.36. The van der Waals surface area contributed by atoms with Gasteiger partial charge in [-0.1, -0.05) is 18.2 Å². The molecule has 0 radical (unpaired) electrons. The maximum absolute atomic E-state index is 12.4. The van der Waals surface area contributed by atoms with Gasteiger partial charge < -0.3 is 15.4 Å². The van der Waals surface area contributed by atoms with E-state index < -0.39 is 5.97 Å². The number of rotatable bonds is 6. The minimum atomic E-state index is -0.416. The van der Waals surface area contributed by atoms with Gasteiger partial charge in [-0.15, -0.1) is 10.2 Å². The zero-order chi connectivity index (χ0) is 20.8. The molecule has 0 saturated heterocycles. The normalized spacial score (nSPS) is 10.3. The quantitative estimate of drug-likeness (QED) is 0.611. The molecular weight excluding hydrogens is 368 g/mol. The Balaban J connectivity index is 1.70. The number of hydrogen-bond donors (Lipinski definition) is 2. The lowest BCUT2D eigenvalue weighted by Gasteiger charge is -2.11. The fourth-order valence-electron chi connectivity index (χ4n) is 2.65. The molecular formula is C22H22N4O3. The smallest absolute Gasteiger partial charge is 0.340 e. The van der Waals surface area contributed by atoms with Crippen molar-refractivity contribution < 1.29 is 14.3 Å². The molecule has 2 aromatic carbocycles. The second kappa shape index (κ2) is 8.97. The number of nitrogens with zero attached hydrogens (tertiary/aromatic N) is 2. The highest BCUT2D eigenvalue weighted by atomic mass is 16.5. The first-order chi connectivity index (χ1) is 14.0. The molecule has 7 nitrogen and oxygen atoms in total. The highest BCUT2D eigenvalue weighted by Crippen LogP contribution is 2.21. The number of nitrogens with one attached hydrogen (secondary N) is 2. The lowest BCUT2D eigenvalue weighted by atomic mass is 10.1. The molecule has 148 valence electrons. The molecule has 0 atom stereocenters. The zero-order valence-electron chi connectivity index (χ0n) is 16.5. The zero-order valence-corrected chi connectivity index (χ0v) is 16.5. The Morgan fingerprint density at radius 2 is 1.66 bits per heavy atom. The van der Waals surface area contributed by atoms with Gasteiger partial charge in [0.2, 0.25) is 0 Å². The molecule has 2 N–H and O–H groups in total. The third kappa shape index (κ3) is 4.95. The van der Waals surface area contributed by atoms with Crippen LogP contribution in [0.1, 0.15) is 38.8 Å². The molecule has 0 aliphatic heterocycles. The summed E-state index contributed by atoms with van der Waals surface area (Å²) >= 11 is 0. The average Bonchev–Trinajstić information content (AvgIpc) is 2.72. The van der Waals surface area contributed by atoms with E-state index in [0.717, 1.165) is 11.1 Å². The van der Waals surface area contributed by atoms with Crippen molar-refractivity contribution in [2.24, 2.45) is 0 Å².